The third-order valence-corrected chi connectivity index (χ3v) is 6.07. The molecule has 0 atom stereocenters. The third kappa shape index (κ3) is 6.22. The van der Waals surface area contributed by atoms with Crippen molar-refractivity contribution in [2.45, 2.75) is 52.1 Å². The molecule has 174 valence electrons. The van der Waals surface area contributed by atoms with E-state index in [9.17, 15) is 4.79 Å². The molecular formula is C30H32N2O2. The second-order valence-electron chi connectivity index (χ2n) is 8.57. The molecule has 1 aliphatic carbocycles. The zero-order valence-corrected chi connectivity index (χ0v) is 19.8. The van der Waals surface area contributed by atoms with Crippen molar-refractivity contribution in [3.05, 3.63) is 102 Å². The molecule has 0 unspecified atom stereocenters. The zero-order chi connectivity index (χ0) is 23.6. The highest BCUT2D eigenvalue weighted by molar-refractivity contribution is 6.03. The first kappa shape index (κ1) is 23.5. The molecule has 3 aromatic rings. The summed E-state index contributed by atoms with van der Waals surface area (Å²) in [6, 6.07) is 25.8. The third-order valence-electron chi connectivity index (χ3n) is 6.07. The average Bonchev–Trinajstić information content (AvgIpc) is 3.34. The lowest BCUT2D eigenvalue weighted by atomic mass is 10.0. The minimum absolute atomic E-state index is 0.186. The molecule has 1 N–H and O–H groups in total. The standard InChI is InChI=1S/C30H32N2O2/c1-2-3-5-13-25-14-10-16-28(25)31-32-30(33)26-20-18-23(19-21-26)22-34-29-17-9-8-15-27(29)24-11-6-4-7-12-24/h4,6-9,11-12,14-15,17-21H,2-3,5,10,13,16,22H2,1H3,(H,32,33)/b31-28-. The Hall–Kier alpha value is -3.66. The number of amides is 1. The number of nitrogens with zero attached hydrogens (tertiary/aromatic N) is 1. The van der Waals surface area contributed by atoms with Gasteiger partial charge in [-0.25, -0.2) is 5.43 Å². The van der Waals surface area contributed by atoms with E-state index < -0.39 is 0 Å². The van der Waals surface area contributed by atoms with Crippen molar-refractivity contribution in [2.24, 2.45) is 5.10 Å². The molecule has 0 bridgehead atoms. The summed E-state index contributed by atoms with van der Waals surface area (Å²) in [7, 11) is 0. The number of hydrogen-bond donors (Lipinski definition) is 1. The van der Waals surface area contributed by atoms with E-state index >= 15 is 0 Å². The van der Waals surface area contributed by atoms with Crippen molar-refractivity contribution >= 4 is 11.6 Å². The number of unbranched alkanes of at least 4 members (excludes halogenated alkanes) is 2. The van der Waals surface area contributed by atoms with Crippen LogP contribution in [-0.4, -0.2) is 11.6 Å². The summed E-state index contributed by atoms with van der Waals surface area (Å²) in [6.45, 7) is 2.64. The molecule has 0 aliphatic heterocycles. The van der Waals surface area contributed by atoms with Crippen LogP contribution in [-0.2, 0) is 6.61 Å². The number of benzene rings is 3. The Kier molecular flexibility index (Phi) is 8.28. The summed E-state index contributed by atoms with van der Waals surface area (Å²) in [6.07, 6.45) is 8.83. The van der Waals surface area contributed by atoms with Crippen LogP contribution in [0, 0.1) is 0 Å². The molecule has 0 saturated heterocycles. The Morgan fingerprint density at radius 1 is 0.941 bits per heavy atom. The topological polar surface area (TPSA) is 50.7 Å². The first-order valence-corrected chi connectivity index (χ1v) is 12.2. The van der Waals surface area contributed by atoms with Gasteiger partial charge in [0.25, 0.3) is 5.91 Å². The predicted molar refractivity (Wildman–Crippen MR) is 139 cm³/mol. The maximum Gasteiger partial charge on any atom is 0.271 e. The number of nitrogens with one attached hydrogen (secondary N) is 1. The van der Waals surface area contributed by atoms with Crippen LogP contribution in [0.4, 0.5) is 0 Å². The van der Waals surface area contributed by atoms with E-state index in [1.54, 1.807) is 0 Å². The van der Waals surface area contributed by atoms with Gasteiger partial charge in [-0.1, -0.05) is 86.5 Å². The van der Waals surface area contributed by atoms with Gasteiger partial charge in [-0.15, -0.1) is 0 Å². The number of hydrazone groups is 1. The van der Waals surface area contributed by atoms with E-state index in [2.05, 4.69) is 41.7 Å². The minimum Gasteiger partial charge on any atom is -0.488 e. The number of hydrogen-bond acceptors (Lipinski definition) is 3. The van der Waals surface area contributed by atoms with Crippen LogP contribution < -0.4 is 10.2 Å². The summed E-state index contributed by atoms with van der Waals surface area (Å²) in [5.74, 6) is 0.653. The Morgan fingerprint density at radius 3 is 2.50 bits per heavy atom. The molecule has 0 aromatic heterocycles. The number of carbonyl (C=O) groups is 1. The second-order valence-corrected chi connectivity index (χ2v) is 8.57. The summed E-state index contributed by atoms with van der Waals surface area (Å²) in [4.78, 5) is 12.6. The molecular weight excluding hydrogens is 420 g/mol. The van der Waals surface area contributed by atoms with Crippen LogP contribution in [0.15, 0.2) is 95.6 Å². The second kappa shape index (κ2) is 12.0. The Balaban J connectivity index is 1.33. The largest absolute Gasteiger partial charge is 0.488 e. The first-order chi connectivity index (χ1) is 16.7. The summed E-state index contributed by atoms with van der Waals surface area (Å²) >= 11 is 0. The fraction of sp³-hybridized carbons (Fsp3) is 0.267. The van der Waals surface area contributed by atoms with Gasteiger partial charge in [0.05, 0.1) is 5.71 Å². The number of carbonyl (C=O) groups excluding carboxylic acids is 1. The van der Waals surface area contributed by atoms with Gasteiger partial charge in [-0.3, -0.25) is 4.79 Å². The number of ether oxygens (including phenoxy) is 1. The van der Waals surface area contributed by atoms with Gasteiger partial charge in [0, 0.05) is 11.1 Å². The van der Waals surface area contributed by atoms with Gasteiger partial charge < -0.3 is 4.74 Å². The predicted octanol–water partition coefficient (Wildman–Crippen LogP) is 7.32. The molecule has 0 saturated carbocycles. The molecule has 4 nitrogen and oxygen atoms in total. The molecule has 34 heavy (non-hydrogen) atoms. The van der Waals surface area contributed by atoms with Crippen LogP contribution in [0.25, 0.3) is 11.1 Å². The highest BCUT2D eigenvalue weighted by Crippen LogP contribution is 2.30. The maximum atomic E-state index is 12.6. The molecule has 1 amide bonds. The van der Waals surface area contributed by atoms with Crippen molar-refractivity contribution in [3.63, 3.8) is 0 Å². The van der Waals surface area contributed by atoms with Crippen LogP contribution in [0.2, 0.25) is 0 Å². The zero-order valence-electron chi connectivity index (χ0n) is 19.8. The van der Waals surface area contributed by atoms with Crippen LogP contribution >= 0.6 is 0 Å². The molecule has 3 aromatic carbocycles. The fourth-order valence-electron chi connectivity index (χ4n) is 4.15. The van der Waals surface area contributed by atoms with Gasteiger partial charge in [-0.05, 0) is 60.6 Å². The monoisotopic (exact) mass is 452 g/mol. The van der Waals surface area contributed by atoms with Crippen LogP contribution in [0.3, 0.4) is 0 Å². The molecule has 0 spiro atoms. The lowest BCUT2D eigenvalue weighted by Crippen LogP contribution is -2.19. The van der Waals surface area contributed by atoms with E-state index in [1.165, 1.54) is 24.8 Å². The lowest BCUT2D eigenvalue weighted by Gasteiger charge is -2.12. The summed E-state index contributed by atoms with van der Waals surface area (Å²) in [5.41, 5.74) is 8.83. The van der Waals surface area contributed by atoms with Crippen molar-refractivity contribution in [1.29, 1.82) is 0 Å². The SMILES string of the molecule is CCCCCC1=CCC/C1=N/NC(=O)c1ccc(COc2ccccc2-c2ccccc2)cc1. The normalized spacial score (nSPS) is 14.1. The van der Waals surface area contributed by atoms with Crippen molar-refractivity contribution in [2.75, 3.05) is 0 Å². The molecule has 0 radical (unpaired) electrons. The van der Waals surface area contributed by atoms with Gasteiger partial charge >= 0.3 is 0 Å². The van der Waals surface area contributed by atoms with Gasteiger partial charge in [-0.2, -0.15) is 5.10 Å². The van der Waals surface area contributed by atoms with Crippen molar-refractivity contribution in [3.8, 4) is 16.9 Å². The quantitative estimate of drug-likeness (QED) is 0.259. The summed E-state index contributed by atoms with van der Waals surface area (Å²) in [5, 5.41) is 4.42. The van der Waals surface area contributed by atoms with Gasteiger partial charge in [0.15, 0.2) is 0 Å². The van der Waals surface area contributed by atoms with Crippen LogP contribution in [0.5, 0.6) is 5.75 Å². The van der Waals surface area contributed by atoms with Crippen molar-refractivity contribution in [1.82, 2.24) is 5.43 Å². The number of rotatable bonds is 10. The maximum absolute atomic E-state index is 12.6. The smallest absolute Gasteiger partial charge is 0.271 e. The van der Waals surface area contributed by atoms with E-state index in [1.807, 2.05) is 60.7 Å². The molecule has 1 aliphatic rings. The van der Waals surface area contributed by atoms with Crippen LogP contribution in [0.1, 0.15) is 61.4 Å². The molecule has 4 heteroatoms. The van der Waals surface area contributed by atoms with E-state index in [0.717, 1.165) is 47.4 Å². The summed E-state index contributed by atoms with van der Waals surface area (Å²) < 4.78 is 6.12. The lowest BCUT2D eigenvalue weighted by molar-refractivity contribution is 0.0954. The highest BCUT2D eigenvalue weighted by Gasteiger charge is 2.14. The Bertz CT molecular complexity index is 1150. The average molecular weight is 453 g/mol. The minimum atomic E-state index is -0.186. The Labute approximate surface area is 202 Å². The molecule has 0 fully saturated rings. The van der Waals surface area contributed by atoms with E-state index in [-0.39, 0.29) is 5.91 Å². The fourth-order valence-corrected chi connectivity index (χ4v) is 4.15. The highest BCUT2D eigenvalue weighted by atomic mass is 16.5. The van der Waals surface area contributed by atoms with Gasteiger partial charge in [0.2, 0.25) is 0 Å². The van der Waals surface area contributed by atoms with Crippen molar-refractivity contribution < 1.29 is 9.53 Å². The van der Waals surface area contributed by atoms with E-state index in [4.69, 9.17) is 4.74 Å². The molecule has 4 rings (SSSR count). The first-order valence-electron chi connectivity index (χ1n) is 12.2. The number of allylic oxidation sites excluding steroid dienone is 2. The van der Waals surface area contributed by atoms with Gasteiger partial charge in [0.1, 0.15) is 12.4 Å². The van der Waals surface area contributed by atoms with E-state index in [0.29, 0.717) is 12.2 Å². The molecule has 0 heterocycles. The number of para-hydroxylation sites is 1. The Morgan fingerprint density at radius 2 is 1.71 bits per heavy atom.